The largest absolute Gasteiger partial charge is 0.496 e. The normalized spacial score (nSPS) is 14.6. The second-order valence-corrected chi connectivity index (χ2v) is 9.25. The third-order valence-electron chi connectivity index (χ3n) is 5.17. The predicted octanol–water partition coefficient (Wildman–Crippen LogP) is 3.40. The summed E-state index contributed by atoms with van der Waals surface area (Å²) < 4.78 is 39.7. The average molecular weight is 433 g/mol. The molecule has 0 spiro atoms. The smallest absolute Gasteiger partial charge is 0.261 e. The second kappa shape index (κ2) is 9.06. The number of methoxy groups -OCH3 is 1. The summed E-state index contributed by atoms with van der Waals surface area (Å²) in [5.74, 6) is 0.215. The van der Waals surface area contributed by atoms with Crippen LogP contribution in [0.25, 0.3) is 0 Å². The van der Waals surface area contributed by atoms with Crippen LogP contribution >= 0.6 is 0 Å². The Morgan fingerprint density at radius 2 is 1.87 bits per heavy atom. The summed E-state index contributed by atoms with van der Waals surface area (Å²) in [5, 5.41) is 0. The van der Waals surface area contributed by atoms with Crippen molar-refractivity contribution in [3.63, 3.8) is 0 Å². The number of hydrogen-bond acceptors (Lipinski definition) is 5. The zero-order chi connectivity index (χ0) is 21.9. The Bertz CT molecular complexity index is 1030. The number of anilines is 1. The maximum absolute atomic E-state index is 13.2. The minimum atomic E-state index is -3.90. The van der Waals surface area contributed by atoms with Crippen molar-refractivity contribution in [3.05, 3.63) is 53.1 Å². The van der Waals surface area contributed by atoms with Crippen molar-refractivity contribution in [2.75, 3.05) is 38.1 Å². The van der Waals surface area contributed by atoms with E-state index in [4.69, 9.17) is 9.47 Å². The van der Waals surface area contributed by atoms with E-state index >= 15 is 0 Å². The van der Waals surface area contributed by atoms with Gasteiger partial charge in [-0.3, -0.25) is 9.52 Å². The summed E-state index contributed by atoms with van der Waals surface area (Å²) in [7, 11) is -2.45. The Kier molecular flexibility index (Phi) is 6.67. The van der Waals surface area contributed by atoms with Gasteiger partial charge in [-0.2, -0.15) is 0 Å². The fourth-order valence-corrected chi connectivity index (χ4v) is 4.65. The van der Waals surface area contributed by atoms with E-state index < -0.39 is 10.0 Å². The van der Waals surface area contributed by atoms with Crippen molar-refractivity contribution in [3.8, 4) is 5.75 Å². The molecule has 0 aromatic heterocycles. The van der Waals surface area contributed by atoms with Gasteiger partial charge in [-0.1, -0.05) is 32.0 Å². The van der Waals surface area contributed by atoms with Gasteiger partial charge >= 0.3 is 0 Å². The quantitative estimate of drug-likeness (QED) is 0.756. The minimum Gasteiger partial charge on any atom is -0.496 e. The lowest BCUT2D eigenvalue weighted by Gasteiger charge is -2.27. The highest BCUT2D eigenvalue weighted by Crippen LogP contribution is 2.31. The molecule has 2 aromatic carbocycles. The standard InChI is InChI=1S/C22H28N2O5S/c1-15(2)18-7-5-6-16(3)21(18)23-30(26,27)17-8-9-20(28-4)19(14-17)22(25)24-10-12-29-13-11-24/h5-9,14-15,23H,10-13H2,1-4H3. The van der Waals surface area contributed by atoms with Gasteiger partial charge in [0.25, 0.3) is 15.9 Å². The molecule has 0 bridgehead atoms. The van der Waals surface area contributed by atoms with Crippen molar-refractivity contribution in [2.24, 2.45) is 0 Å². The molecule has 2 aromatic rings. The molecule has 162 valence electrons. The average Bonchev–Trinajstić information content (AvgIpc) is 2.74. The Hall–Kier alpha value is -2.58. The molecule has 1 aliphatic heterocycles. The van der Waals surface area contributed by atoms with Gasteiger partial charge in [0.1, 0.15) is 5.75 Å². The number of carbonyl (C=O) groups is 1. The molecule has 1 aliphatic rings. The Balaban J connectivity index is 1.98. The van der Waals surface area contributed by atoms with Gasteiger partial charge < -0.3 is 14.4 Å². The van der Waals surface area contributed by atoms with E-state index in [2.05, 4.69) is 4.72 Å². The van der Waals surface area contributed by atoms with E-state index in [9.17, 15) is 13.2 Å². The lowest BCUT2D eigenvalue weighted by atomic mass is 9.99. The number of morpholine rings is 1. The van der Waals surface area contributed by atoms with Crippen LogP contribution < -0.4 is 9.46 Å². The summed E-state index contributed by atoms with van der Waals surface area (Å²) in [5.41, 5.74) is 2.54. The number of sulfonamides is 1. The molecule has 1 heterocycles. The van der Waals surface area contributed by atoms with E-state index in [1.54, 1.807) is 4.90 Å². The molecule has 1 fully saturated rings. The Morgan fingerprint density at radius 3 is 2.50 bits per heavy atom. The second-order valence-electron chi connectivity index (χ2n) is 7.57. The summed E-state index contributed by atoms with van der Waals surface area (Å²) >= 11 is 0. The van der Waals surface area contributed by atoms with Gasteiger partial charge in [0.2, 0.25) is 0 Å². The summed E-state index contributed by atoms with van der Waals surface area (Å²) in [6, 6.07) is 10.0. The molecule has 0 aliphatic carbocycles. The van der Waals surface area contributed by atoms with E-state index in [1.165, 1.54) is 25.3 Å². The molecule has 3 rings (SSSR count). The first kappa shape index (κ1) is 22.1. The van der Waals surface area contributed by atoms with Gasteiger partial charge in [0.05, 0.1) is 36.5 Å². The fourth-order valence-electron chi connectivity index (χ4n) is 3.46. The maximum Gasteiger partial charge on any atom is 0.261 e. The first-order valence-corrected chi connectivity index (χ1v) is 11.4. The lowest BCUT2D eigenvalue weighted by molar-refractivity contribution is 0.0300. The van der Waals surface area contributed by atoms with Crippen molar-refractivity contribution in [2.45, 2.75) is 31.6 Å². The SMILES string of the molecule is COc1ccc(S(=O)(=O)Nc2c(C)cccc2C(C)C)cc1C(=O)N1CCOCC1. The number of nitrogens with one attached hydrogen (secondary N) is 1. The third kappa shape index (κ3) is 4.60. The van der Waals surface area contributed by atoms with E-state index in [-0.39, 0.29) is 22.3 Å². The number of hydrogen-bond donors (Lipinski definition) is 1. The third-order valence-corrected chi connectivity index (χ3v) is 6.52. The van der Waals surface area contributed by atoms with Crippen LogP contribution in [-0.4, -0.2) is 52.6 Å². The van der Waals surface area contributed by atoms with Crippen molar-refractivity contribution in [1.82, 2.24) is 4.90 Å². The van der Waals surface area contributed by atoms with E-state index in [0.29, 0.717) is 37.7 Å². The monoisotopic (exact) mass is 432 g/mol. The molecule has 1 saturated heterocycles. The highest BCUT2D eigenvalue weighted by molar-refractivity contribution is 7.92. The number of amides is 1. The molecule has 7 nitrogen and oxygen atoms in total. The molecular weight excluding hydrogens is 404 g/mol. The zero-order valence-corrected chi connectivity index (χ0v) is 18.6. The summed E-state index contributed by atoms with van der Waals surface area (Å²) in [6.45, 7) is 7.72. The Morgan fingerprint density at radius 1 is 1.17 bits per heavy atom. The first-order valence-electron chi connectivity index (χ1n) is 9.92. The van der Waals surface area contributed by atoms with Crippen molar-refractivity contribution < 1.29 is 22.7 Å². The van der Waals surface area contributed by atoms with Gasteiger partial charge in [-0.05, 0) is 42.2 Å². The minimum absolute atomic E-state index is 0.0119. The zero-order valence-electron chi connectivity index (χ0n) is 17.8. The number of benzene rings is 2. The topological polar surface area (TPSA) is 84.9 Å². The number of para-hydroxylation sites is 1. The number of ether oxygens (including phenoxy) is 2. The highest BCUT2D eigenvalue weighted by atomic mass is 32.2. The summed E-state index contributed by atoms with van der Waals surface area (Å²) in [4.78, 5) is 14.6. The van der Waals surface area contributed by atoms with Crippen LogP contribution in [0.5, 0.6) is 5.75 Å². The highest BCUT2D eigenvalue weighted by Gasteiger charge is 2.25. The molecule has 1 N–H and O–H groups in total. The van der Waals surface area contributed by atoms with Crippen molar-refractivity contribution >= 4 is 21.6 Å². The van der Waals surface area contributed by atoms with Gasteiger partial charge in [0.15, 0.2) is 0 Å². The van der Waals surface area contributed by atoms with E-state index in [1.807, 2.05) is 39.0 Å². The van der Waals surface area contributed by atoms with Crippen LogP contribution in [0, 0.1) is 6.92 Å². The molecular formula is C22H28N2O5S. The number of aryl methyl sites for hydroxylation is 1. The first-order chi connectivity index (χ1) is 14.2. The maximum atomic E-state index is 13.2. The Labute approximate surface area is 178 Å². The van der Waals surface area contributed by atoms with Crippen LogP contribution in [0.2, 0.25) is 0 Å². The molecule has 0 atom stereocenters. The number of rotatable bonds is 6. The van der Waals surface area contributed by atoms with Crippen LogP contribution in [0.4, 0.5) is 5.69 Å². The molecule has 0 radical (unpaired) electrons. The number of carbonyl (C=O) groups excluding carboxylic acids is 1. The van der Waals surface area contributed by atoms with Gasteiger partial charge in [-0.15, -0.1) is 0 Å². The van der Waals surface area contributed by atoms with Crippen LogP contribution in [0.1, 0.15) is 41.3 Å². The molecule has 1 amide bonds. The van der Waals surface area contributed by atoms with Crippen LogP contribution in [0.15, 0.2) is 41.3 Å². The fraction of sp³-hybridized carbons (Fsp3) is 0.409. The van der Waals surface area contributed by atoms with Gasteiger partial charge in [-0.25, -0.2) is 8.42 Å². The van der Waals surface area contributed by atoms with Crippen LogP contribution in [-0.2, 0) is 14.8 Å². The molecule has 8 heteroatoms. The number of nitrogens with zero attached hydrogens (tertiary/aromatic N) is 1. The molecule has 0 saturated carbocycles. The van der Waals surface area contributed by atoms with Crippen molar-refractivity contribution in [1.29, 1.82) is 0 Å². The van der Waals surface area contributed by atoms with E-state index in [0.717, 1.165) is 11.1 Å². The lowest BCUT2D eigenvalue weighted by Crippen LogP contribution is -2.40. The van der Waals surface area contributed by atoms with Gasteiger partial charge in [0, 0.05) is 13.1 Å². The summed E-state index contributed by atoms with van der Waals surface area (Å²) in [6.07, 6.45) is 0. The predicted molar refractivity (Wildman–Crippen MR) is 116 cm³/mol. The molecule has 0 unspecified atom stereocenters. The van der Waals surface area contributed by atoms with Crippen LogP contribution in [0.3, 0.4) is 0 Å². The molecule has 30 heavy (non-hydrogen) atoms.